The van der Waals surface area contributed by atoms with Crippen molar-refractivity contribution in [2.24, 2.45) is 0 Å². The quantitative estimate of drug-likeness (QED) is 0.804. The third-order valence-corrected chi connectivity index (χ3v) is 7.31. The van der Waals surface area contributed by atoms with Crippen LogP contribution < -0.4 is 10.0 Å². The maximum atomic E-state index is 12.4. The summed E-state index contributed by atoms with van der Waals surface area (Å²) in [4.78, 5) is 1.44. The van der Waals surface area contributed by atoms with Gasteiger partial charge in [-0.2, -0.15) is 11.8 Å². The Labute approximate surface area is 129 Å². The van der Waals surface area contributed by atoms with Crippen molar-refractivity contribution < 1.29 is 8.42 Å². The van der Waals surface area contributed by atoms with Crippen LogP contribution in [0.4, 0.5) is 0 Å². The maximum Gasteiger partial charge on any atom is 0.241 e. The van der Waals surface area contributed by atoms with E-state index in [1.807, 2.05) is 18.8 Å². The van der Waals surface area contributed by atoms with Crippen LogP contribution in [0.25, 0.3) is 0 Å². The molecule has 7 heteroatoms. The van der Waals surface area contributed by atoms with E-state index in [1.54, 1.807) is 11.4 Å². The monoisotopic (exact) mass is 334 g/mol. The van der Waals surface area contributed by atoms with Gasteiger partial charge < -0.3 is 5.32 Å². The van der Waals surface area contributed by atoms with E-state index in [4.69, 9.17) is 0 Å². The van der Waals surface area contributed by atoms with Crippen molar-refractivity contribution in [2.45, 2.75) is 48.9 Å². The summed E-state index contributed by atoms with van der Waals surface area (Å²) < 4.78 is 27.7. The first-order valence-electron chi connectivity index (χ1n) is 6.92. The molecule has 1 heterocycles. The van der Waals surface area contributed by atoms with Crippen LogP contribution in [0, 0.1) is 0 Å². The maximum absolute atomic E-state index is 12.4. The van der Waals surface area contributed by atoms with Crippen molar-refractivity contribution >= 4 is 33.1 Å². The number of nitrogens with one attached hydrogen (secondary N) is 2. The molecule has 0 aromatic carbocycles. The van der Waals surface area contributed by atoms with Gasteiger partial charge in [-0.1, -0.05) is 13.3 Å². The molecule has 1 aliphatic carbocycles. The number of thiophene rings is 1. The zero-order valence-corrected chi connectivity index (χ0v) is 14.3. The van der Waals surface area contributed by atoms with Crippen LogP contribution in [0.1, 0.15) is 31.1 Å². The van der Waals surface area contributed by atoms with Crippen molar-refractivity contribution in [1.29, 1.82) is 0 Å². The Hall–Kier alpha value is -0.0800. The largest absolute Gasteiger partial charge is 0.315 e. The topological polar surface area (TPSA) is 58.2 Å². The molecule has 1 aliphatic rings. The molecule has 4 nitrogen and oxygen atoms in total. The van der Waals surface area contributed by atoms with Crippen LogP contribution in [-0.4, -0.2) is 32.5 Å². The number of hydrogen-bond acceptors (Lipinski definition) is 5. The molecule has 0 spiro atoms. The van der Waals surface area contributed by atoms with Gasteiger partial charge >= 0.3 is 0 Å². The standard InChI is InChI=1S/C13H22N2O2S3/c1-3-18-13-6-4-5-12(13)15-20(16,17)11-7-10(8-14-2)19-9-11/h7,9,12-15H,3-6,8H2,1-2H3. The van der Waals surface area contributed by atoms with E-state index in [-0.39, 0.29) is 6.04 Å². The van der Waals surface area contributed by atoms with Crippen molar-refractivity contribution in [3.8, 4) is 0 Å². The molecular formula is C13H22N2O2S3. The molecule has 1 saturated carbocycles. The highest BCUT2D eigenvalue weighted by Gasteiger charge is 2.31. The molecule has 114 valence electrons. The minimum atomic E-state index is -3.37. The van der Waals surface area contributed by atoms with E-state index >= 15 is 0 Å². The second-order valence-electron chi connectivity index (χ2n) is 4.93. The molecule has 2 N–H and O–H groups in total. The summed E-state index contributed by atoms with van der Waals surface area (Å²) in [5, 5.41) is 5.19. The Morgan fingerprint density at radius 3 is 2.95 bits per heavy atom. The molecule has 1 aromatic rings. The molecule has 0 radical (unpaired) electrons. The summed E-state index contributed by atoms with van der Waals surface area (Å²) in [7, 11) is -1.51. The van der Waals surface area contributed by atoms with Gasteiger partial charge in [-0.25, -0.2) is 13.1 Å². The lowest BCUT2D eigenvalue weighted by molar-refractivity contribution is 0.555. The first-order valence-corrected chi connectivity index (χ1v) is 10.3. The van der Waals surface area contributed by atoms with Crippen LogP contribution in [0.15, 0.2) is 16.3 Å². The van der Waals surface area contributed by atoms with Gasteiger partial charge in [0.1, 0.15) is 0 Å². The predicted molar refractivity (Wildman–Crippen MR) is 87.0 cm³/mol. The summed E-state index contributed by atoms with van der Waals surface area (Å²) >= 11 is 3.34. The molecule has 0 saturated heterocycles. The third-order valence-electron chi connectivity index (χ3n) is 3.43. The van der Waals surface area contributed by atoms with Gasteiger partial charge in [-0.05, 0) is 31.7 Å². The predicted octanol–water partition coefficient (Wildman–Crippen LogP) is 2.42. The van der Waals surface area contributed by atoms with Crippen LogP contribution in [0.5, 0.6) is 0 Å². The lowest BCUT2D eigenvalue weighted by Gasteiger charge is -2.19. The molecule has 20 heavy (non-hydrogen) atoms. The fraction of sp³-hybridized carbons (Fsp3) is 0.692. The lowest BCUT2D eigenvalue weighted by atomic mass is 10.3. The molecule has 0 amide bonds. The van der Waals surface area contributed by atoms with Gasteiger partial charge in [0.2, 0.25) is 10.0 Å². The number of thioether (sulfide) groups is 1. The molecule has 1 aromatic heterocycles. The minimum Gasteiger partial charge on any atom is -0.315 e. The Morgan fingerprint density at radius 1 is 1.45 bits per heavy atom. The van der Waals surface area contributed by atoms with Gasteiger partial charge in [0.05, 0.1) is 4.90 Å². The van der Waals surface area contributed by atoms with Crippen molar-refractivity contribution in [3.63, 3.8) is 0 Å². The Balaban J connectivity index is 2.06. The third kappa shape index (κ3) is 3.98. The van der Waals surface area contributed by atoms with Gasteiger partial charge in [0.15, 0.2) is 0 Å². The Bertz CT molecular complexity index is 527. The first kappa shape index (κ1) is 16.3. The highest BCUT2D eigenvalue weighted by atomic mass is 32.2. The van der Waals surface area contributed by atoms with Gasteiger partial charge in [0, 0.05) is 28.1 Å². The molecule has 1 fully saturated rings. The fourth-order valence-corrected chi connectivity index (χ4v) is 6.39. The normalized spacial score (nSPS) is 23.3. The van der Waals surface area contributed by atoms with Gasteiger partial charge in [-0.15, -0.1) is 11.3 Å². The summed E-state index contributed by atoms with van der Waals surface area (Å²) in [6, 6.07) is 1.85. The number of rotatable bonds is 7. The first-order chi connectivity index (χ1) is 9.56. The summed E-state index contributed by atoms with van der Waals surface area (Å²) in [6.07, 6.45) is 3.17. The van der Waals surface area contributed by atoms with Crippen molar-refractivity contribution in [2.75, 3.05) is 12.8 Å². The molecular weight excluding hydrogens is 312 g/mol. The molecule has 2 unspecified atom stereocenters. The average molecular weight is 335 g/mol. The molecule has 0 bridgehead atoms. The molecule has 0 aliphatic heterocycles. The zero-order chi connectivity index (χ0) is 14.6. The van der Waals surface area contributed by atoms with E-state index in [9.17, 15) is 8.42 Å². The molecule has 2 rings (SSSR count). The molecule has 2 atom stereocenters. The summed E-state index contributed by atoms with van der Waals surface area (Å²) in [6.45, 7) is 2.83. The van der Waals surface area contributed by atoms with Crippen LogP contribution >= 0.6 is 23.1 Å². The smallest absolute Gasteiger partial charge is 0.241 e. The number of hydrogen-bond donors (Lipinski definition) is 2. The van der Waals surface area contributed by atoms with E-state index in [0.717, 1.165) is 29.9 Å². The fourth-order valence-electron chi connectivity index (χ4n) is 2.51. The van der Waals surface area contributed by atoms with E-state index in [0.29, 0.717) is 16.7 Å². The highest BCUT2D eigenvalue weighted by molar-refractivity contribution is 8.00. The van der Waals surface area contributed by atoms with E-state index < -0.39 is 10.0 Å². The average Bonchev–Trinajstić information content (AvgIpc) is 3.01. The van der Waals surface area contributed by atoms with Crippen LogP contribution in [0.2, 0.25) is 0 Å². The van der Waals surface area contributed by atoms with Gasteiger partial charge in [0.25, 0.3) is 0 Å². The van der Waals surface area contributed by atoms with Crippen molar-refractivity contribution in [1.82, 2.24) is 10.0 Å². The summed E-state index contributed by atoms with van der Waals surface area (Å²) in [5.74, 6) is 1.04. The lowest BCUT2D eigenvalue weighted by Crippen LogP contribution is -2.38. The minimum absolute atomic E-state index is 0.0811. The number of sulfonamides is 1. The Morgan fingerprint density at radius 2 is 2.25 bits per heavy atom. The Kier molecular flexibility index (Phi) is 5.92. The zero-order valence-electron chi connectivity index (χ0n) is 11.9. The van der Waals surface area contributed by atoms with Crippen LogP contribution in [-0.2, 0) is 16.6 Å². The SMILES string of the molecule is CCSC1CCCC1NS(=O)(=O)c1csc(CNC)c1. The van der Waals surface area contributed by atoms with E-state index in [1.165, 1.54) is 11.3 Å². The van der Waals surface area contributed by atoms with Crippen molar-refractivity contribution in [3.05, 3.63) is 16.3 Å². The highest BCUT2D eigenvalue weighted by Crippen LogP contribution is 2.31. The van der Waals surface area contributed by atoms with E-state index in [2.05, 4.69) is 17.0 Å². The summed E-state index contributed by atoms with van der Waals surface area (Å²) in [5.41, 5.74) is 0. The van der Waals surface area contributed by atoms with Crippen LogP contribution in [0.3, 0.4) is 0 Å². The van der Waals surface area contributed by atoms with Gasteiger partial charge in [-0.3, -0.25) is 0 Å². The second-order valence-corrected chi connectivity index (χ2v) is 9.16. The second kappa shape index (κ2) is 7.26.